The molecule has 0 unspecified atom stereocenters. The molecule has 2 aromatic rings. The van der Waals surface area contributed by atoms with Crippen molar-refractivity contribution in [2.24, 2.45) is 0 Å². The molecule has 0 atom stereocenters. The molecule has 0 aliphatic carbocycles. The van der Waals surface area contributed by atoms with Gasteiger partial charge in [-0.05, 0) is 57.7 Å². The fourth-order valence-electron chi connectivity index (χ4n) is 1.90. The Labute approximate surface area is 143 Å². The monoisotopic (exact) mass is 382 g/mol. The standard InChI is InChI=1S/C17H16BrClO3/c1-21-17(20)9-5-12-2-6-14(7-3-12)22-11-13-4-8-16(19)15(18)10-13/h2-4,6-8,10H,5,9,11H2,1H3. The SMILES string of the molecule is COC(=O)CCc1ccc(OCc2ccc(Cl)c(Br)c2)cc1. The number of carbonyl (C=O) groups excluding carboxylic acids is 1. The van der Waals surface area contributed by atoms with E-state index in [4.69, 9.17) is 16.3 Å². The van der Waals surface area contributed by atoms with Crippen molar-refractivity contribution in [3.05, 3.63) is 63.1 Å². The summed E-state index contributed by atoms with van der Waals surface area (Å²) in [5, 5.41) is 0.679. The molecule has 0 aliphatic heterocycles. The van der Waals surface area contributed by atoms with Crippen LogP contribution in [0.25, 0.3) is 0 Å². The molecule has 0 fully saturated rings. The number of carbonyl (C=O) groups is 1. The zero-order valence-corrected chi connectivity index (χ0v) is 14.5. The minimum absolute atomic E-state index is 0.200. The molecule has 0 bridgehead atoms. The number of benzene rings is 2. The van der Waals surface area contributed by atoms with Gasteiger partial charge < -0.3 is 9.47 Å². The largest absolute Gasteiger partial charge is 0.489 e. The topological polar surface area (TPSA) is 35.5 Å². The first-order chi connectivity index (χ1) is 10.6. The Hall–Kier alpha value is -1.52. The van der Waals surface area contributed by atoms with Crippen LogP contribution in [0, 0.1) is 0 Å². The average Bonchev–Trinajstić information content (AvgIpc) is 2.54. The van der Waals surface area contributed by atoms with Crippen LogP contribution < -0.4 is 4.74 Å². The summed E-state index contributed by atoms with van der Waals surface area (Å²) >= 11 is 9.35. The molecule has 0 radical (unpaired) electrons. The van der Waals surface area contributed by atoms with Gasteiger partial charge in [-0.2, -0.15) is 0 Å². The molecule has 0 spiro atoms. The van der Waals surface area contributed by atoms with Crippen LogP contribution in [0.5, 0.6) is 5.75 Å². The summed E-state index contributed by atoms with van der Waals surface area (Å²) in [7, 11) is 1.40. The number of hydrogen-bond donors (Lipinski definition) is 0. The van der Waals surface area contributed by atoms with Gasteiger partial charge in [-0.3, -0.25) is 4.79 Å². The molecular weight excluding hydrogens is 368 g/mol. The fourth-order valence-corrected chi connectivity index (χ4v) is 2.44. The second-order valence-electron chi connectivity index (χ2n) is 4.76. The summed E-state index contributed by atoms with van der Waals surface area (Å²) in [5.41, 5.74) is 2.11. The van der Waals surface area contributed by atoms with E-state index in [2.05, 4.69) is 20.7 Å². The van der Waals surface area contributed by atoms with E-state index in [1.807, 2.05) is 42.5 Å². The van der Waals surface area contributed by atoms with Crippen LogP contribution >= 0.6 is 27.5 Å². The molecule has 5 heteroatoms. The van der Waals surface area contributed by atoms with Crippen molar-refractivity contribution in [1.29, 1.82) is 0 Å². The van der Waals surface area contributed by atoms with Crippen LogP contribution in [0.15, 0.2) is 46.9 Å². The second-order valence-corrected chi connectivity index (χ2v) is 6.02. The van der Waals surface area contributed by atoms with Crippen molar-refractivity contribution in [2.75, 3.05) is 7.11 Å². The highest BCUT2D eigenvalue weighted by Gasteiger charge is 2.03. The Morgan fingerprint density at radius 1 is 1.14 bits per heavy atom. The maximum atomic E-state index is 11.1. The summed E-state index contributed by atoms with van der Waals surface area (Å²) in [5.74, 6) is 0.585. The van der Waals surface area contributed by atoms with Crippen molar-refractivity contribution in [3.63, 3.8) is 0 Å². The quantitative estimate of drug-likeness (QED) is 0.673. The second kappa shape index (κ2) is 8.20. The summed E-state index contributed by atoms with van der Waals surface area (Å²) in [6.07, 6.45) is 1.05. The van der Waals surface area contributed by atoms with Crippen LogP contribution in [-0.2, 0) is 22.6 Å². The van der Waals surface area contributed by atoms with Crippen molar-refractivity contribution < 1.29 is 14.3 Å². The lowest BCUT2D eigenvalue weighted by Gasteiger charge is -2.08. The van der Waals surface area contributed by atoms with E-state index in [0.29, 0.717) is 24.5 Å². The smallest absolute Gasteiger partial charge is 0.305 e. The number of methoxy groups -OCH3 is 1. The number of esters is 1. The van der Waals surface area contributed by atoms with Gasteiger partial charge in [0, 0.05) is 10.9 Å². The van der Waals surface area contributed by atoms with Gasteiger partial charge in [-0.1, -0.05) is 29.8 Å². The van der Waals surface area contributed by atoms with Crippen molar-refractivity contribution in [2.45, 2.75) is 19.4 Å². The third-order valence-corrected chi connectivity index (χ3v) is 4.37. The minimum Gasteiger partial charge on any atom is -0.489 e. The Morgan fingerprint density at radius 2 is 1.82 bits per heavy atom. The molecule has 2 aromatic carbocycles. The van der Waals surface area contributed by atoms with Gasteiger partial charge in [0.25, 0.3) is 0 Å². The zero-order chi connectivity index (χ0) is 15.9. The highest BCUT2D eigenvalue weighted by molar-refractivity contribution is 9.10. The minimum atomic E-state index is -0.200. The highest BCUT2D eigenvalue weighted by Crippen LogP contribution is 2.24. The van der Waals surface area contributed by atoms with Crippen LogP contribution in [0.3, 0.4) is 0 Å². The Bertz CT molecular complexity index is 641. The number of ether oxygens (including phenoxy) is 2. The zero-order valence-electron chi connectivity index (χ0n) is 12.1. The van der Waals surface area contributed by atoms with E-state index in [0.717, 1.165) is 21.3 Å². The maximum absolute atomic E-state index is 11.1. The van der Waals surface area contributed by atoms with E-state index >= 15 is 0 Å². The number of rotatable bonds is 6. The van der Waals surface area contributed by atoms with Gasteiger partial charge >= 0.3 is 5.97 Å². The molecule has 22 heavy (non-hydrogen) atoms. The first-order valence-electron chi connectivity index (χ1n) is 6.81. The van der Waals surface area contributed by atoms with E-state index in [-0.39, 0.29) is 5.97 Å². The molecule has 116 valence electrons. The summed E-state index contributed by atoms with van der Waals surface area (Å²) in [6.45, 7) is 0.470. The molecule has 0 aromatic heterocycles. The lowest BCUT2D eigenvalue weighted by Crippen LogP contribution is -2.02. The van der Waals surface area contributed by atoms with E-state index < -0.39 is 0 Å². The van der Waals surface area contributed by atoms with Crippen LogP contribution in [0.1, 0.15) is 17.5 Å². The van der Waals surface area contributed by atoms with Crippen LogP contribution in [0.2, 0.25) is 5.02 Å². The predicted molar refractivity (Wildman–Crippen MR) is 90.3 cm³/mol. The van der Waals surface area contributed by atoms with Gasteiger partial charge in [-0.25, -0.2) is 0 Å². The first kappa shape index (κ1) is 16.8. The van der Waals surface area contributed by atoms with E-state index in [1.54, 1.807) is 0 Å². The average molecular weight is 384 g/mol. The maximum Gasteiger partial charge on any atom is 0.305 e. The van der Waals surface area contributed by atoms with E-state index in [1.165, 1.54) is 7.11 Å². The third-order valence-electron chi connectivity index (χ3n) is 3.16. The van der Waals surface area contributed by atoms with Crippen molar-refractivity contribution in [3.8, 4) is 5.75 Å². The predicted octanol–water partition coefficient (Wildman–Crippen LogP) is 4.79. The summed E-state index contributed by atoms with van der Waals surface area (Å²) < 4.78 is 11.2. The van der Waals surface area contributed by atoms with Crippen molar-refractivity contribution >= 4 is 33.5 Å². The molecule has 3 nitrogen and oxygen atoms in total. The summed E-state index contributed by atoms with van der Waals surface area (Å²) in [6, 6.07) is 13.4. The molecule has 0 heterocycles. The van der Waals surface area contributed by atoms with Gasteiger partial charge in [0.2, 0.25) is 0 Å². The van der Waals surface area contributed by atoms with Gasteiger partial charge in [0.1, 0.15) is 12.4 Å². The third kappa shape index (κ3) is 5.04. The summed E-state index contributed by atoms with van der Waals surface area (Å²) in [4.78, 5) is 11.1. The fraction of sp³-hybridized carbons (Fsp3) is 0.235. The Kier molecular flexibility index (Phi) is 6.28. The van der Waals surface area contributed by atoms with Gasteiger partial charge in [0.15, 0.2) is 0 Å². The van der Waals surface area contributed by atoms with Gasteiger partial charge in [0.05, 0.1) is 12.1 Å². The van der Waals surface area contributed by atoms with Gasteiger partial charge in [-0.15, -0.1) is 0 Å². The molecule has 0 saturated carbocycles. The number of halogens is 2. The van der Waals surface area contributed by atoms with Crippen molar-refractivity contribution in [1.82, 2.24) is 0 Å². The Balaban J connectivity index is 1.88. The number of hydrogen-bond acceptors (Lipinski definition) is 3. The first-order valence-corrected chi connectivity index (χ1v) is 7.98. The molecule has 0 aliphatic rings. The van der Waals surface area contributed by atoms with E-state index in [9.17, 15) is 4.79 Å². The molecule has 0 amide bonds. The Morgan fingerprint density at radius 3 is 2.45 bits per heavy atom. The van der Waals surface area contributed by atoms with Crippen LogP contribution in [-0.4, -0.2) is 13.1 Å². The lowest BCUT2D eigenvalue weighted by atomic mass is 10.1. The normalized spacial score (nSPS) is 10.3. The molecular formula is C17H16BrClO3. The molecule has 2 rings (SSSR count). The lowest BCUT2D eigenvalue weighted by molar-refractivity contribution is -0.140. The number of aryl methyl sites for hydroxylation is 1. The molecule has 0 N–H and O–H groups in total. The highest BCUT2D eigenvalue weighted by atomic mass is 79.9. The molecule has 0 saturated heterocycles. The van der Waals surface area contributed by atoms with Crippen LogP contribution in [0.4, 0.5) is 0 Å².